The molecular weight excluding hydrogens is 327 g/mol. The maximum atomic E-state index is 13.7. The van der Waals surface area contributed by atoms with Crippen LogP contribution in [0, 0.1) is 12.8 Å². The summed E-state index contributed by atoms with van der Waals surface area (Å²) in [5, 5.41) is 3.75. The van der Waals surface area contributed by atoms with E-state index in [4.69, 9.17) is 0 Å². The van der Waals surface area contributed by atoms with E-state index in [2.05, 4.69) is 9.72 Å². The van der Waals surface area contributed by atoms with Crippen LogP contribution < -0.4 is 10.6 Å². The van der Waals surface area contributed by atoms with Crippen molar-refractivity contribution in [3.05, 3.63) is 23.9 Å². The van der Waals surface area contributed by atoms with Crippen LogP contribution in [-0.4, -0.2) is 35.8 Å². The summed E-state index contributed by atoms with van der Waals surface area (Å²) in [6, 6.07) is 3.05. The zero-order chi connectivity index (χ0) is 18.5. The fraction of sp³-hybridized carbons (Fsp3) is 0.533. The smallest absolute Gasteiger partial charge is 0.441 e. The molecule has 0 bridgehead atoms. The Morgan fingerprint density at radius 1 is 1.33 bits per heavy atom. The van der Waals surface area contributed by atoms with Crippen molar-refractivity contribution in [1.82, 2.24) is 10.3 Å². The number of pyridine rings is 1. The third kappa shape index (κ3) is 4.36. The zero-order valence-corrected chi connectivity index (χ0v) is 13.8. The maximum absolute atomic E-state index is 13.7. The van der Waals surface area contributed by atoms with Crippen LogP contribution in [0.3, 0.4) is 0 Å². The maximum Gasteiger partial charge on any atom is 0.441 e. The lowest BCUT2D eigenvalue weighted by molar-refractivity contribution is -0.206. The predicted molar refractivity (Wildman–Crippen MR) is 81.0 cm³/mol. The highest BCUT2D eigenvalue weighted by molar-refractivity contribution is 5.91. The zero-order valence-electron chi connectivity index (χ0n) is 13.8. The number of aromatic nitrogens is 1. The molecule has 0 saturated carbocycles. The molecule has 0 spiro atoms. The molecule has 0 saturated heterocycles. The van der Waals surface area contributed by atoms with Gasteiger partial charge in [0.25, 0.3) is 0 Å². The van der Waals surface area contributed by atoms with E-state index in [0.29, 0.717) is 5.56 Å². The van der Waals surface area contributed by atoms with Gasteiger partial charge in [0.05, 0.1) is 7.11 Å². The number of amides is 1. The lowest BCUT2D eigenvalue weighted by Crippen LogP contribution is -2.69. The molecule has 1 heterocycles. The summed E-state index contributed by atoms with van der Waals surface area (Å²) in [5.41, 5.74) is -3.06. The third-order valence-electron chi connectivity index (χ3n) is 3.15. The van der Waals surface area contributed by atoms with Crippen molar-refractivity contribution < 1.29 is 27.5 Å². The summed E-state index contributed by atoms with van der Waals surface area (Å²) in [6.07, 6.45) is -4.07. The number of aryl methyl sites for hydroxylation is 1. The molecule has 2 N–H and O–H groups in total. The van der Waals surface area contributed by atoms with Crippen molar-refractivity contribution in [3.63, 3.8) is 0 Å². The number of nitrogens with zero attached hydrogens (tertiary/aromatic N) is 1. The molecule has 1 amide bonds. The number of nitrogens with one attached hydrogen (secondary N) is 2. The van der Waals surface area contributed by atoms with Gasteiger partial charge in [0.2, 0.25) is 5.91 Å². The molecule has 0 fully saturated rings. The van der Waals surface area contributed by atoms with Crippen LogP contribution in [-0.2, 0) is 14.3 Å². The van der Waals surface area contributed by atoms with Gasteiger partial charge in [0.1, 0.15) is 5.82 Å². The Hall–Kier alpha value is -2.32. The number of rotatable bonds is 6. The molecule has 9 heteroatoms. The second kappa shape index (κ2) is 7.50. The number of carbonyl (C=O) groups excluding carboxylic acids is 2. The number of methoxy groups -OCH3 is 1. The Kier molecular flexibility index (Phi) is 6.16. The first-order valence-corrected chi connectivity index (χ1v) is 7.19. The molecule has 0 aliphatic heterocycles. The molecule has 134 valence electrons. The molecule has 1 rings (SSSR count). The van der Waals surface area contributed by atoms with E-state index in [1.165, 1.54) is 25.3 Å². The fourth-order valence-electron chi connectivity index (χ4n) is 1.97. The molecular formula is C15H20F3N3O3. The van der Waals surface area contributed by atoms with Gasteiger partial charge in [-0.1, -0.05) is 19.9 Å². The highest BCUT2D eigenvalue weighted by Crippen LogP contribution is 2.33. The number of hydrogen-bond acceptors (Lipinski definition) is 5. The molecule has 1 aromatic rings. The molecule has 6 nitrogen and oxygen atoms in total. The Morgan fingerprint density at radius 2 is 1.96 bits per heavy atom. The van der Waals surface area contributed by atoms with Gasteiger partial charge in [0.15, 0.2) is 0 Å². The minimum Gasteiger partial charge on any atom is -0.466 e. The normalized spacial score (nSPS) is 14.0. The number of alkyl halides is 3. The molecule has 0 aliphatic rings. The number of halogens is 3. The van der Waals surface area contributed by atoms with E-state index < -0.39 is 23.7 Å². The van der Waals surface area contributed by atoms with Gasteiger partial charge in [-0.05, 0) is 24.5 Å². The summed E-state index contributed by atoms with van der Waals surface area (Å²) in [4.78, 5) is 27.7. The number of hydrogen-bond donors (Lipinski definition) is 2. The highest BCUT2D eigenvalue weighted by atomic mass is 19.4. The largest absolute Gasteiger partial charge is 0.466 e. The van der Waals surface area contributed by atoms with Gasteiger partial charge in [-0.25, -0.2) is 9.78 Å². The SMILES string of the molecule is COC(=O)[C@@](NC(=O)CC(C)C)(Nc1ncccc1C)C(F)(F)F. The van der Waals surface area contributed by atoms with Crippen LogP contribution in [0.25, 0.3) is 0 Å². The second-order valence-corrected chi connectivity index (χ2v) is 5.68. The summed E-state index contributed by atoms with van der Waals surface area (Å²) in [6.45, 7) is 4.86. The average molecular weight is 347 g/mol. The molecule has 0 unspecified atom stereocenters. The molecule has 0 radical (unpaired) electrons. The van der Waals surface area contributed by atoms with Crippen molar-refractivity contribution in [2.24, 2.45) is 5.92 Å². The Labute approximate surface area is 137 Å². The second-order valence-electron chi connectivity index (χ2n) is 5.68. The van der Waals surface area contributed by atoms with Crippen LogP contribution in [0.5, 0.6) is 0 Å². The topological polar surface area (TPSA) is 80.3 Å². The Bertz CT molecular complexity index is 605. The van der Waals surface area contributed by atoms with E-state index in [-0.39, 0.29) is 18.2 Å². The molecule has 1 aromatic heterocycles. The summed E-state index contributed by atoms with van der Waals surface area (Å²) in [7, 11) is 0.810. The van der Waals surface area contributed by atoms with Crippen molar-refractivity contribution in [3.8, 4) is 0 Å². The van der Waals surface area contributed by atoms with Crippen LogP contribution in [0.4, 0.5) is 19.0 Å². The van der Waals surface area contributed by atoms with Crippen LogP contribution >= 0.6 is 0 Å². The first-order chi connectivity index (χ1) is 11.0. The molecule has 1 atom stereocenters. The van der Waals surface area contributed by atoms with Crippen LogP contribution in [0.1, 0.15) is 25.8 Å². The first-order valence-electron chi connectivity index (χ1n) is 7.19. The van der Waals surface area contributed by atoms with Gasteiger partial charge in [-0.2, -0.15) is 13.2 Å². The average Bonchev–Trinajstić information content (AvgIpc) is 2.45. The lowest BCUT2D eigenvalue weighted by Gasteiger charge is -2.35. The van der Waals surface area contributed by atoms with Crippen molar-refractivity contribution in [2.75, 3.05) is 12.4 Å². The number of anilines is 1. The molecule has 0 aliphatic carbocycles. The predicted octanol–water partition coefficient (Wildman–Crippen LogP) is 2.40. The van der Waals surface area contributed by atoms with Crippen molar-refractivity contribution >= 4 is 17.7 Å². The fourth-order valence-corrected chi connectivity index (χ4v) is 1.97. The van der Waals surface area contributed by atoms with Gasteiger partial charge in [-0.3, -0.25) is 4.79 Å². The molecule has 0 aromatic carbocycles. The monoisotopic (exact) mass is 347 g/mol. The number of esters is 1. The quantitative estimate of drug-likeness (QED) is 0.610. The summed E-state index contributed by atoms with van der Waals surface area (Å²) in [5.74, 6) is -3.00. The standard InChI is InChI=1S/C15H20F3N3O3/c1-9(2)8-11(22)20-14(13(23)24-4,15(16,17)18)21-12-10(3)6-5-7-19-12/h5-7,9H,8H2,1-4H3,(H,19,21)(H,20,22)/t14-/m1/s1. The third-order valence-corrected chi connectivity index (χ3v) is 3.15. The Balaban J connectivity index is 3.34. The molecule has 24 heavy (non-hydrogen) atoms. The van der Waals surface area contributed by atoms with Crippen LogP contribution in [0.15, 0.2) is 18.3 Å². The van der Waals surface area contributed by atoms with E-state index in [9.17, 15) is 22.8 Å². The Morgan fingerprint density at radius 3 is 2.42 bits per heavy atom. The van der Waals surface area contributed by atoms with Gasteiger partial charge < -0.3 is 15.4 Å². The first kappa shape index (κ1) is 19.7. The van der Waals surface area contributed by atoms with Gasteiger partial charge in [-0.15, -0.1) is 0 Å². The lowest BCUT2D eigenvalue weighted by atomic mass is 10.1. The number of carbonyl (C=O) groups is 2. The number of ether oxygens (including phenoxy) is 1. The minimum absolute atomic E-state index is 0.183. The van der Waals surface area contributed by atoms with E-state index in [1.807, 2.05) is 5.32 Å². The summed E-state index contributed by atoms with van der Waals surface area (Å²) < 4.78 is 45.5. The van der Waals surface area contributed by atoms with E-state index in [0.717, 1.165) is 7.11 Å². The summed E-state index contributed by atoms with van der Waals surface area (Å²) >= 11 is 0. The van der Waals surface area contributed by atoms with Crippen molar-refractivity contribution in [2.45, 2.75) is 39.0 Å². The van der Waals surface area contributed by atoms with Gasteiger partial charge >= 0.3 is 17.8 Å². The van der Waals surface area contributed by atoms with Crippen molar-refractivity contribution in [1.29, 1.82) is 0 Å². The van der Waals surface area contributed by atoms with E-state index >= 15 is 0 Å². The van der Waals surface area contributed by atoms with E-state index in [1.54, 1.807) is 19.2 Å². The van der Waals surface area contributed by atoms with Gasteiger partial charge in [0, 0.05) is 12.6 Å². The van der Waals surface area contributed by atoms with Crippen LogP contribution in [0.2, 0.25) is 0 Å². The minimum atomic E-state index is -5.16. The highest BCUT2D eigenvalue weighted by Gasteiger charge is 2.63.